The van der Waals surface area contributed by atoms with Crippen molar-refractivity contribution in [2.24, 2.45) is 0 Å². The molecule has 0 radical (unpaired) electrons. The van der Waals surface area contributed by atoms with E-state index in [0.717, 1.165) is 58.9 Å². The van der Waals surface area contributed by atoms with Crippen molar-refractivity contribution in [1.82, 2.24) is 24.7 Å². The zero-order chi connectivity index (χ0) is 16.2. The number of hydrogen-bond acceptors (Lipinski definition) is 6. The minimum Gasteiger partial charge on any atom is -0.338 e. The van der Waals surface area contributed by atoms with E-state index in [-0.39, 0.29) is 5.91 Å². The maximum atomic E-state index is 12.6. The molecule has 0 saturated carbocycles. The highest BCUT2D eigenvalue weighted by Gasteiger charge is 2.23. The molecule has 2 saturated heterocycles. The maximum absolute atomic E-state index is 12.6. The minimum atomic E-state index is 0.0222. The van der Waals surface area contributed by atoms with Crippen molar-refractivity contribution in [1.29, 1.82) is 0 Å². The van der Waals surface area contributed by atoms with Crippen LogP contribution in [0.3, 0.4) is 0 Å². The molecule has 0 spiro atoms. The second kappa shape index (κ2) is 7.23. The van der Waals surface area contributed by atoms with Crippen molar-refractivity contribution in [3.63, 3.8) is 0 Å². The fraction of sp³-hybridized carbons (Fsp3) is 0.688. The van der Waals surface area contributed by atoms with Gasteiger partial charge in [0.2, 0.25) is 5.95 Å². The van der Waals surface area contributed by atoms with Crippen LogP contribution in [0.5, 0.6) is 0 Å². The van der Waals surface area contributed by atoms with E-state index < -0.39 is 0 Å². The van der Waals surface area contributed by atoms with Gasteiger partial charge in [0, 0.05) is 58.6 Å². The summed E-state index contributed by atoms with van der Waals surface area (Å²) < 4.78 is 0. The molecule has 7 nitrogen and oxygen atoms in total. The van der Waals surface area contributed by atoms with Crippen molar-refractivity contribution in [3.05, 3.63) is 18.0 Å². The molecule has 126 valence electrons. The summed E-state index contributed by atoms with van der Waals surface area (Å²) in [5.74, 6) is 0.703. The standard InChI is InChI=1S/C16H26N6O/c1-3-20-8-12-22(13-9-20)16-17-5-4-14(18-16)15(23)21-10-6-19(2)7-11-21/h4-5H,3,6-13H2,1-2H3. The van der Waals surface area contributed by atoms with Crippen molar-refractivity contribution >= 4 is 11.9 Å². The third-order valence-corrected chi connectivity index (χ3v) is 4.75. The molecule has 0 bridgehead atoms. The normalized spacial score (nSPS) is 20.8. The van der Waals surface area contributed by atoms with Gasteiger partial charge in [-0.25, -0.2) is 9.97 Å². The molecular weight excluding hydrogens is 292 g/mol. The first-order valence-electron chi connectivity index (χ1n) is 8.45. The van der Waals surface area contributed by atoms with E-state index >= 15 is 0 Å². The third kappa shape index (κ3) is 3.79. The van der Waals surface area contributed by atoms with Gasteiger partial charge >= 0.3 is 0 Å². The van der Waals surface area contributed by atoms with Gasteiger partial charge in [-0.1, -0.05) is 6.92 Å². The number of rotatable bonds is 3. The van der Waals surface area contributed by atoms with Crippen LogP contribution in [0.15, 0.2) is 12.3 Å². The van der Waals surface area contributed by atoms with E-state index in [9.17, 15) is 4.79 Å². The molecule has 0 aromatic carbocycles. The van der Waals surface area contributed by atoms with Gasteiger partial charge in [-0.3, -0.25) is 4.79 Å². The van der Waals surface area contributed by atoms with E-state index in [1.54, 1.807) is 12.3 Å². The summed E-state index contributed by atoms with van der Waals surface area (Å²) in [5.41, 5.74) is 0.512. The molecule has 0 unspecified atom stereocenters. The smallest absolute Gasteiger partial charge is 0.272 e. The summed E-state index contributed by atoms with van der Waals surface area (Å²) in [4.78, 5) is 30.2. The third-order valence-electron chi connectivity index (χ3n) is 4.75. The Morgan fingerprint density at radius 1 is 1.09 bits per heavy atom. The number of amides is 1. The number of nitrogens with zero attached hydrogens (tertiary/aromatic N) is 6. The quantitative estimate of drug-likeness (QED) is 0.782. The molecule has 1 amide bonds. The first-order chi connectivity index (χ1) is 11.2. The van der Waals surface area contributed by atoms with Gasteiger partial charge in [-0.05, 0) is 19.7 Å². The molecule has 3 heterocycles. The SMILES string of the molecule is CCN1CCN(c2nccc(C(=O)N3CCN(C)CC3)n2)CC1. The molecule has 0 N–H and O–H groups in total. The van der Waals surface area contributed by atoms with Crippen molar-refractivity contribution in [2.75, 3.05) is 70.9 Å². The number of carbonyl (C=O) groups is 1. The highest BCUT2D eigenvalue weighted by molar-refractivity contribution is 5.92. The first-order valence-corrected chi connectivity index (χ1v) is 8.45. The van der Waals surface area contributed by atoms with Gasteiger partial charge in [0.05, 0.1) is 0 Å². The van der Waals surface area contributed by atoms with Crippen LogP contribution in [-0.4, -0.2) is 96.5 Å². The number of anilines is 1. The van der Waals surface area contributed by atoms with Crippen LogP contribution in [0.1, 0.15) is 17.4 Å². The Hall–Kier alpha value is -1.73. The van der Waals surface area contributed by atoms with Gasteiger partial charge in [0.25, 0.3) is 5.91 Å². The van der Waals surface area contributed by atoms with Crippen LogP contribution < -0.4 is 4.90 Å². The summed E-state index contributed by atoms with van der Waals surface area (Å²) in [6.07, 6.45) is 1.71. The molecule has 23 heavy (non-hydrogen) atoms. The molecule has 3 rings (SSSR count). The maximum Gasteiger partial charge on any atom is 0.272 e. The number of likely N-dealkylation sites (N-methyl/N-ethyl adjacent to an activating group) is 2. The molecular formula is C16H26N6O. The van der Waals surface area contributed by atoms with E-state index in [2.05, 4.69) is 38.6 Å². The van der Waals surface area contributed by atoms with E-state index in [4.69, 9.17) is 0 Å². The number of aromatic nitrogens is 2. The molecule has 0 aliphatic carbocycles. The Bertz CT molecular complexity index is 535. The molecule has 7 heteroatoms. The highest BCUT2D eigenvalue weighted by atomic mass is 16.2. The fourth-order valence-corrected chi connectivity index (χ4v) is 3.06. The summed E-state index contributed by atoms with van der Waals surface area (Å²) >= 11 is 0. The summed E-state index contributed by atoms with van der Waals surface area (Å²) in [5, 5.41) is 0. The molecule has 2 fully saturated rings. The minimum absolute atomic E-state index is 0.0222. The van der Waals surface area contributed by atoms with Crippen molar-refractivity contribution in [3.8, 4) is 0 Å². The highest BCUT2D eigenvalue weighted by Crippen LogP contribution is 2.13. The Morgan fingerprint density at radius 3 is 2.43 bits per heavy atom. The van der Waals surface area contributed by atoms with Crippen LogP contribution in [0, 0.1) is 0 Å². The van der Waals surface area contributed by atoms with Gasteiger partial charge in [0.1, 0.15) is 5.69 Å². The van der Waals surface area contributed by atoms with Crippen LogP contribution in [0.25, 0.3) is 0 Å². The monoisotopic (exact) mass is 318 g/mol. The van der Waals surface area contributed by atoms with Crippen LogP contribution in [0.2, 0.25) is 0 Å². The Labute approximate surface area is 137 Å². The van der Waals surface area contributed by atoms with E-state index in [1.165, 1.54) is 0 Å². The van der Waals surface area contributed by atoms with E-state index in [0.29, 0.717) is 11.6 Å². The van der Waals surface area contributed by atoms with E-state index in [1.807, 2.05) is 4.90 Å². The lowest BCUT2D eigenvalue weighted by Crippen LogP contribution is -2.48. The number of carbonyl (C=O) groups excluding carboxylic acids is 1. The molecule has 2 aliphatic heterocycles. The van der Waals surface area contributed by atoms with Gasteiger partial charge in [-0.2, -0.15) is 0 Å². The lowest BCUT2D eigenvalue weighted by Gasteiger charge is -2.34. The number of hydrogen-bond donors (Lipinski definition) is 0. The predicted molar refractivity (Wildman–Crippen MR) is 89.8 cm³/mol. The average Bonchev–Trinajstić information content (AvgIpc) is 2.62. The summed E-state index contributed by atoms with van der Waals surface area (Å²) in [7, 11) is 2.08. The Balaban J connectivity index is 1.66. The zero-order valence-corrected chi connectivity index (χ0v) is 14.1. The molecule has 0 atom stereocenters. The van der Waals surface area contributed by atoms with Gasteiger partial charge in [-0.15, -0.1) is 0 Å². The average molecular weight is 318 g/mol. The Morgan fingerprint density at radius 2 is 1.78 bits per heavy atom. The molecule has 1 aromatic heterocycles. The first kappa shape index (κ1) is 16.1. The summed E-state index contributed by atoms with van der Waals surface area (Å²) in [6.45, 7) is 10.5. The largest absolute Gasteiger partial charge is 0.338 e. The lowest BCUT2D eigenvalue weighted by molar-refractivity contribution is 0.0658. The number of piperazine rings is 2. The topological polar surface area (TPSA) is 55.8 Å². The van der Waals surface area contributed by atoms with Crippen LogP contribution >= 0.6 is 0 Å². The van der Waals surface area contributed by atoms with Crippen LogP contribution in [-0.2, 0) is 0 Å². The van der Waals surface area contributed by atoms with Crippen LogP contribution in [0.4, 0.5) is 5.95 Å². The van der Waals surface area contributed by atoms with Crippen molar-refractivity contribution in [2.45, 2.75) is 6.92 Å². The predicted octanol–water partition coefficient (Wildman–Crippen LogP) is 0.00610. The molecule has 1 aromatic rings. The van der Waals surface area contributed by atoms with Gasteiger partial charge < -0.3 is 19.6 Å². The fourth-order valence-electron chi connectivity index (χ4n) is 3.06. The second-order valence-corrected chi connectivity index (χ2v) is 6.26. The molecule has 2 aliphatic rings. The summed E-state index contributed by atoms with van der Waals surface area (Å²) in [6, 6.07) is 1.73. The zero-order valence-electron chi connectivity index (χ0n) is 14.1. The van der Waals surface area contributed by atoms with Gasteiger partial charge in [0.15, 0.2) is 0 Å². The van der Waals surface area contributed by atoms with Crippen molar-refractivity contribution < 1.29 is 4.79 Å². The second-order valence-electron chi connectivity index (χ2n) is 6.26. The lowest BCUT2D eigenvalue weighted by atomic mass is 10.3. The Kier molecular flexibility index (Phi) is 5.07.